The number of hydrogen-bond donors (Lipinski definition) is 1. The van der Waals surface area contributed by atoms with Crippen LogP contribution in [-0.2, 0) is 4.79 Å². The van der Waals surface area contributed by atoms with Gasteiger partial charge in [0, 0.05) is 29.8 Å². The van der Waals surface area contributed by atoms with Crippen molar-refractivity contribution in [1.82, 2.24) is 0 Å². The Kier molecular flexibility index (Phi) is 3.76. The van der Waals surface area contributed by atoms with E-state index >= 15 is 0 Å². The summed E-state index contributed by atoms with van der Waals surface area (Å²) in [6.07, 6.45) is 7.02. The lowest BCUT2D eigenvalue weighted by Gasteiger charge is -2.59. The van der Waals surface area contributed by atoms with Crippen LogP contribution in [0.4, 0.5) is 11.4 Å². The molecule has 4 fully saturated rings. The molecule has 0 saturated heterocycles. The molecule has 2 unspecified atom stereocenters. The van der Waals surface area contributed by atoms with Crippen LogP contribution in [0.25, 0.3) is 0 Å². The zero-order valence-electron chi connectivity index (χ0n) is 14.9. The van der Waals surface area contributed by atoms with Gasteiger partial charge in [0.2, 0.25) is 5.91 Å². The molecule has 1 amide bonds. The van der Waals surface area contributed by atoms with Gasteiger partial charge in [-0.15, -0.1) is 0 Å². The molecule has 4 heteroatoms. The average molecular weight is 391 g/mol. The molecule has 4 aliphatic rings. The number of anilines is 2. The molecule has 1 N–H and O–H groups in total. The van der Waals surface area contributed by atoms with Crippen LogP contribution >= 0.6 is 15.9 Å². The number of rotatable bonds is 3. The number of carbonyl (C=O) groups is 1. The molecule has 1 aromatic rings. The highest BCUT2D eigenvalue weighted by molar-refractivity contribution is 9.10. The van der Waals surface area contributed by atoms with Crippen LogP contribution in [0.1, 0.15) is 44.1 Å². The van der Waals surface area contributed by atoms with Gasteiger partial charge in [0.05, 0.1) is 5.41 Å². The molecule has 3 nitrogen and oxygen atoms in total. The molecule has 0 heterocycles. The van der Waals surface area contributed by atoms with Crippen LogP contribution < -0.4 is 10.2 Å². The summed E-state index contributed by atoms with van der Waals surface area (Å²) in [6.45, 7) is 2.08. The van der Waals surface area contributed by atoms with Crippen molar-refractivity contribution in [1.29, 1.82) is 0 Å². The maximum absolute atomic E-state index is 13.2. The number of carbonyl (C=O) groups excluding carboxylic acids is 1. The first-order valence-corrected chi connectivity index (χ1v) is 9.86. The summed E-state index contributed by atoms with van der Waals surface area (Å²) in [5, 5.41) is 3.27. The Hall–Kier alpha value is -1.03. The van der Waals surface area contributed by atoms with Crippen LogP contribution in [0, 0.1) is 24.2 Å². The van der Waals surface area contributed by atoms with E-state index in [4.69, 9.17) is 0 Å². The van der Waals surface area contributed by atoms with Crippen LogP contribution in [0.3, 0.4) is 0 Å². The standard InChI is InChI=1S/C20H27BrN2O/c1-13-6-16(23(2)3)4-5-17(13)22-18(24)19-8-14-7-15(9-19)11-20(21,10-14)12-19/h4-6,14-15H,7-12H2,1-3H3,(H,22,24). The molecular weight excluding hydrogens is 364 g/mol. The first-order valence-electron chi connectivity index (χ1n) is 9.07. The van der Waals surface area contributed by atoms with E-state index < -0.39 is 0 Å². The van der Waals surface area contributed by atoms with E-state index in [0.717, 1.165) is 42.3 Å². The van der Waals surface area contributed by atoms with E-state index in [1.54, 1.807) is 0 Å². The number of aryl methyl sites for hydroxylation is 1. The number of nitrogens with zero attached hydrogens (tertiary/aromatic N) is 1. The topological polar surface area (TPSA) is 32.3 Å². The van der Waals surface area contributed by atoms with Crippen molar-refractivity contribution in [2.24, 2.45) is 17.3 Å². The Balaban J connectivity index is 1.57. The Morgan fingerprint density at radius 2 is 1.88 bits per heavy atom. The first kappa shape index (κ1) is 16.4. The molecule has 2 atom stereocenters. The first-order chi connectivity index (χ1) is 11.3. The van der Waals surface area contributed by atoms with E-state index in [2.05, 4.69) is 45.2 Å². The van der Waals surface area contributed by atoms with Crippen LogP contribution in [0.15, 0.2) is 18.2 Å². The Morgan fingerprint density at radius 3 is 2.42 bits per heavy atom. The monoisotopic (exact) mass is 390 g/mol. The van der Waals surface area contributed by atoms with E-state index in [0.29, 0.717) is 0 Å². The van der Waals surface area contributed by atoms with Crippen LogP contribution in [0.2, 0.25) is 0 Å². The second-order valence-electron chi connectivity index (χ2n) is 8.74. The molecule has 4 aliphatic carbocycles. The smallest absolute Gasteiger partial charge is 0.230 e. The molecule has 0 spiro atoms. The lowest BCUT2D eigenvalue weighted by atomic mass is 9.49. The lowest BCUT2D eigenvalue weighted by Crippen LogP contribution is -2.57. The second kappa shape index (κ2) is 5.48. The van der Waals surface area contributed by atoms with Gasteiger partial charge >= 0.3 is 0 Å². The summed E-state index contributed by atoms with van der Waals surface area (Å²) >= 11 is 4.00. The molecule has 130 valence electrons. The van der Waals surface area contributed by atoms with Crippen molar-refractivity contribution in [2.75, 3.05) is 24.3 Å². The number of amides is 1. The van der Waals surface area contributed by atoms with E-state index in [9.17, 15) is 4.79 Å². The highest BCUT2D eigenvalue weighted by atomic mass is 79.9. The van der Waals surface area contributed by atoms with Gasteiger partial charge in [-0.3, -0.25) is 4.79 Å². The summed E-state index contributed by atoms with van der Waals surface area (Å²) < 4.78 is 0.220. The molecule has 0 aromatic heterocycles. The average Bonchev–Trinajstić information content (AvgIpc) is 2.46. The second-order valence-corrected chi connectivity index (χ2v) is 10.4. The number of alkyl halides is 1. The normalized spacial score (nSPS) is 36.7. The lowest BCUT2D eigenvalue weighted by molar-refractivity contribution is -0.138. The van der Waals surface area contributed by atoms with Crippen molar-refractivity contribution in [3.05, 3.63) is 23.8 Å². The van der Waals surface area contributed by atoms with Crippen molar-refractivity contribution >= 4 is 33.2 Å². The SMILES string of the molecule is Cc1cc(N(C)C)ccc1NC(=O)C12CC3CC(CC(Br)(C3)C1)C2. The molecule has 4 saturated carbocycles. The van der Waals surface area contributed by atoms with Gasteiger partial charge in [-0.2, -0.15) is 0 Å². The van der Waals surface area contributed by atoms with Crippen LogP contribution in [-0.4, -0.2) is 24.3 Å². The maximum Gasteiger partial charge on any atom is 0.230 e. The molecule has 0 radical (unpaired) electrons. The fourth-order valence-corrected chi connectivity index (χ4v) is 7.19. The van der Waals surface area contributed by atoms with Crippen molar-refractivity contribution in [3.63, 3.8) is 0 Å². The minimum atomic E-state index is -0.153. The van der Waals surface area contributed by atoms with Gasteiger partial charge in [0.1, 0.15) is 0 Å². The zero-order valence-corrected chi connectivity index (χ0v) is 16.4. The third-order valence-electron chi connectivity index (χ3n) is 6.45. The van der Waals surface area contributed by atoms with Gasteiger partial charge in [-0.1, -0.05) is 15.9 Å². The predicted molar refractivity (Wildman–Crippen MR) is 103 cm³/mol. The van der Waals surface area contributed by atoms with E-state index in [-0.39, 0.29) is 15.6 Å². The molecular formula is C20H27BrN2O. The molecule has 5 rings (SSSR count). The third-order valence-corrected chi connectivity index (χ3v) is 7.37. The zero-order chi connectivity index (χ0) is 17.1. The summed E-state index contributed by atoms with van der Waals surface area (Å²) in [7, 11) is 4.08. The quantitative estimate of drug-likeness (QED) is 0.756. The van der Waals surface area contributed by atoms with Gasteiger partial charge in [0.25, 0.3) is 0 Å². The maximum atomic E-state index is 13.2. The fourth-order valence-electron chi connectivity index (χ4n) is 5.74. The van der Waals surface area contributed by atoms with Crippen LogP contribution in [0.5, 0.6) is 0 Å². The van der Waals surface area contributed by atoms with Gasteiger partial charge in [-0.05, 0) is 81.0 Å². The summed E-state index contributed by atoms with van der Waals surface area (Å²) in [5.74, 6) is 1.71. The number of hydrogen-bond acceptors (Lipinski definition) is 2. The Labute approximate surface area is 153 Å². The number of benzene rings is 1. The summed E-state index contributed by atoms with van der Waals surface area (Å²) in [6, 6.07) is 6.27. The summed E-state index contributed by atoms with van der Waals surface area (Å²) in [4.78, 5) is 15.3. The van der Waals surface area contributed by atoms with E-state index in [1.165, 1.54) is 24.9 Å². The number of nitrogens with one attached hydrogen (secondary N) is 1. The van der Waals surface area contributed by atoms with Gasteiger partial charge in [-0.25, -0.2) is 0 Å². The largest absolute Gasteiger partial charge is 0.378 e. The Morgan fingerprint density at radius 1 is 1.21 bits per heavy atom. The molecule has 4 bridgehead atoms. The van der Waals surface area contributed by atoms with Gasteiger partial charge in [0.15, 0.2) is 0 Å². The minimum absolute atomic E-state index is 0.153. The predicted octanol–water partition coefficient (Wildman–Crippen LogP) is 4.73. The van der Waals surface area contributed by atoms with Gasteiger partial charge < -0.3 is 10.2 Å². The van der Waals surface area contributed by atoms with Crippen molar-refractivity contribution < 1.29 is 4.79 Å². The molecule has 0 aliphatic heterocycles. The Bertz CT molecular complexity index is 670. The third kappa shape index (κ3) is 2.67. The summed E-state index contributed by atoms with van der Waals surface area (Å²) in [5.41, 5.74) is 3.11. The van der Waals surface area contributed by atoms with Crippen molar-refractivity contribution in [2.45, 2.75) is 49.8 Å². The number of halogens is 1. The molecule has 24 heavy (non-hydrogen) atoms. The minimum Gasteiger partial charge on any atom is -0.378 e. The van der Waals surface area contributed by atoms with E-state index in [1.807, 2.05) is 20.2 Å². The van der Waals surface area contributed by atoms with Crippen molar-refractivity contribution in [3.8, 4) is 0 Å². The highest BCUT2D eigenvalue weighted by Crippen LogP contribution is 2.64. The fraction of sp³-hybridized carbons (Fsp3) is 0.650. The molecule has 1 aromatic carbocycles. The highest BCUT2D eigenvalue weighted by Gasteiger charge is 2.59.